The van der Waals surface area contributed by atoms with Gasteiger partial charge in [-0.3, -0.25) is 9.89 Å². The summed E-state index contributed by atoms with van der Waals surface area (Å²) in [4.78, 5) is 10.4. The molecule has 0 aliphatic carbocycles. The van der Waals surface area contributed by atoms with E-state index in [4.69, 9.17) is 5.11 Å². The highest BCUT2D eigenvalue weighted by atomic mass is 16.4. The molecule has 0 atom stereocenters. The Hall–Kier alpha value is -2.10. The molecular formula is C12H12N2O2. The van der Waals surface area contributed by atoms with Crippen molar-refractivity contribution >= 4 is 22.9 Å². The quantitative estimate of drug-likeness (QED) is 0.827. The van der Waals surface area contributed by atoms with Gasteiger partial charge in [0, 0.05) is 5.39 Å². The molecule has 0 saturated heterocycles. The topological polar surface area (TPSA) is 66.0 Å². The zero-order chi connectivity index (χ0) is 11.5. The third-order valence-corrected chi connectivity index (χ3v) is 2.42. The van der Waals surface area contributed by atoms with E-state index < -0.39 is 5.97 Å². The first-order chi connectivity index (χ1) is 7.66. The second-order valence-corrected chi connectivity index (χ2v) is 3.67. The molecule has 0 amide bonds. The highest BCUT2D eigenvalue weighted by Gasteiger charge is 2.00. The van der Waals surface area contributed by atoms with Gasteiger partial charge in [0.2, 0.25) is 0 Å². The van der Waals surface area contributed by atoms with Crippen molar-refractivity contribution in [2.75, 3.05) is 0 Å². The second kappa shape index (κ2) is 4.18. The van der Waals surface area contributed by atoms with E-state index in [0.717, 1.165) is 22.0 Å². The van der Waals surface area contributed by atoms with E-state index in [9.17, 15) is 4.79 Å². The molecule has 0 bridgehead atoms. The molecule has 82 valence electrons. The predicted octanol–water partition coefficient (Wildman–Crippen LogP) is 2.36. The SMILES string of the molecule is Cc1cc2[nH]ncc2cc1C=CCC(=O)O. The van der Waals surface area contributed by atoms with Crippen molar-refractivity contribution in [2.45, 2.75) is 13.3 Å². The molecule has 0 aliphatic heterocycles. The molecule has 2 rings (SSSR count). The average molecular weight is 216 g/mol. The highest BCUT2D eigenvalue weighted by molar-refractivity contribution is 5.82. The van der Waals surface area contributed by atoms with Crippen LogP contribution in [0.15, 0.2) is 24.4 Å². The van der Waals surface area contributed by atoms with Crippen LogP contribution in [0.1, 0.15) is 17.5 Å². The Morgan fingerprint density at radius 2 is 2.38 bits per heavy atom. The lowest BCUT2D eigenvalue weighted by Gasteiger charge is -2.00. The lowest BCUT2D eigenvalue weighted by atomic mass is 10.1. The lowest BCUT2D eigenvalue weighted by Crippen LogP contribution is -1.90. The minimum atomic E-state index is -0.821. The van der Waals surface area contributed by atoms with Crippen LogP contribution in [-0.2, 0) is 4.79 Å². The number of fused-ring (bicyclic) bond motifs is 1. The minimum Gasteiger partial charge on any atom is -0.481 e. The fourth-order valence-electron chi connectivity index (χ4n) is 1.58. The summed E-state index contributed by atoms with van der Waals surface area (Å²) < 4.78 is 0. The van der Waals surface area contributed by atoms with Crippen molar-refractivity contribution in [3.05, 3.63) is 35.5 Å². The Morgan fingerprint density at radius 1 is 1.56 bits per heavy atom. The first-order valence-corrected chi connectivity index (χ1v) is 4.99. The van der Waals surface area contributed by atoms with Crippen LogP contribution in [0.25, 0.3) is 17.0 Å². The smallest absolute Gasteiger partial charge is 0.307 e. The summed E-state index contributed by atoms with van der Waals surface area (Å²) in [6.07, 6.45) is 5.28. The van der Waals surface area contributed by atoms with E-state index in [1.165, 1.54) is 0 Å². The van der Waals surface area contributed by atoms with Gasteiger partial charge in [-0.15, -0.1) is 0 Å². The summed E-state index contributed by atoms with van der Waals surface area (Å²) in [5, 5.41) is 16.4. The third kappa shape index (κ3) is 2.11. The number of aliphatic carboxylic acids is 1. The van der Waals surface area contributed by atoms with Crippen molar-refractivity contribution in [3.8, 4) is 0 Å². The monoisotopic (exact) mass is 216 g/mol. The van der Waals surface area contributed by atoms with Crippen LogP contribution < -0.4 is 0 Å². The lowest BCUT2D eigenvalue weighted by molar-refractivity contribution is -0.135. The van der Waals surface area contributed by atoms with Gasteiger partial charge in [-0.1, -0.05) is 12.2 Å². The summed E-state index contributed by atoms with van der Waals surface area (Å²) in [5.74, 6) is -0.821. The third-order valence-electron chi connectivity index (χ3n) is 2.42. The molecule has 2 aromatic rings. The summed E-state index contributed by atoms with van der Waals surface area (Å²) in [5.41, 5.74) is 3.11. The summed E-state index contributed by atoms with van der Waals surface area (Å²) in [7, 11) is 0. The number of carboxylic acids is 1. The van der Waals surface area contributed by atoms with Crippen molar-refractivity contribution in [2.24, 2.45) is 0 Å². The number of nitrogens with one attached hydrogen (secondary N) is 1. The molecule has 2 N–H and O–H groups in total. The molecule has 1 heterocycles. The van der Waals surface area contributed by atoms with Crippen LogP contribution in [-0.4, -0.2) is 21.3 Å². The zero-order valence-electron chi connectivity index (χ0n) is 8.90. The van der Waals surface area contributed by atoms with Crippen LogP contribution in [0.3, 0.4) is 0 Å². The Labute approximate surface area is 92.6 Å². The van der Waals surface area contributed by atoms with Crippen LogP contribution in [0.5, 0.6) is 0 Å². The van der Waals surface area contributed by atoms with Gasteiger partial charge in [-0.2, -0.15) is 5.10 Å². The number of carbonyl (C=O) groups is 1. The van der Waals surface area contributed by atoms with Gasteiger partial charge in [0.15, 0.2) is 0 Å². The van der Waals surface area contributed by atoms with E-state index in [1.54, 1.807) is 12.3 Å². The van der Waals surface area contributed by atoms with Crippen molar-refractivity contribution in [1.82, 2.24) is 10.2 Å². The van der Waals surface area contributed by atoms with Gasteiger partial charge < -0.3 is 5.11 Å². The van der Waals surface area contributed by atoms with E-state index in [0.29, 0.717) is 0 Å². The van der Waals surface area contributed by atoms with Crippen LogP contribution >= 0.6 is 0 Å². The molecule has 0 aliphatic rings. The van der Waals surface area contributed by atoms with Crippen molar-refractivity contribution in [3.63, 3.8) is 0 Å². The van der Waals surface area contributed by atoms with Gasteiger partial charge in [0.05, 0.1) is 18.1 Å². The van der Waals surface area contributed by atoms with Gasteiger partial charge >= 0.3 is 5.97 Å². The number of benzene rings is 1. The summed E-state index contributed by atoms with van der Waals surface area (Å²) in [6.45, 7) is 1.99. The van der Waals surface area contributed by atoms with E-state index in [-0.39, 0.29) is 6.42 Å². The largest absolute Gasteiger partial charge is 0.481 e. The number of aromatic amines is 1. The fourth-order valence-corrected chi connectivity index (χ4v) is 1.58. The molecule has 0 saturated carbocycles. The number of nitrogens with zero attached hydrogens (tertiary/aromatic N) is 1. The maximum atomic E-state index is 10.4. The van der Waals surface area contributed by atoms with Gasteiger partial charge in [-0.25, -0.2) is 0 Å². The van der Waals surface area contributed by atoms with Crippen LogP contribution in [0.4, 0.5) is 0 Å². The molecule has 0 spiro atoms. The first kappa shape index (κ1) is 10.4. The van der Waals surface area contributed by atoms with E-state index in [1.807, 2.05) is 25.1 Å². The van der Waals surface area contributed by atoms with Crippen molar-refractivity contribution in [1.29, 1.82) is 0 Å². The normalized spacial score (nSPS) is 11.3. The van der Waals surface area contributed by atoms with Gasteiger partial charge in [0.25, 0.3) is 0 Å². The van der Waals surface area contributed by atoms with Gasteiger partial charge in [0.1, 0.15) is 0 Å². The number of aromatic nitrogens is 2. The zero-order valence-corrected chi connectivity index (χ0v) is 8.90. The minimum absolute atomic E-state index is 0.0445. The predicted molar refractivity (Wildman–Crippen MR) is 62.1 cm³/mol. The molecule has 0 radical (unpaired) electrons. The molecule has 0 fully saturated rings. The number of hydrogen-bond acceptors (Lipinski definition) is 2. The van der Waals surface area contributed by atoms with Crippen LogP contribution in [0.2, 0.25) is 0 Å². The average Bonchev–Trinajstić information content (AvgIpc) is 2.64. The van der Waals surface area contributed by atoms with E-state index in [2.05, 4.69) is 10.2 Å². The number of H-pyrrole nitrogens is 1. The summed E-state index contributed by atoms with van der Waals surface area (Å²) >= 11 is 0. The molecule has 4 nitrogen and oxygen atoms in total. The van der Waals surface area contributed by atoms with Crippen LogP contribution in [0, 0.1) is 6.92 Å². The maximum absolute atomic E-state index is 10.4. The number of rotatable bonds is 3. The Bertz CT molecular complexity index is 555. The Morgan fingerprint density at radius 3 is 3.12 bits per heavy atom. The number of hydrogen-bond donors (Lipinski definition) is 2. The molecule has 4 heteroatoms. The van der Waals surface area contributed by atoms with Gasteiger partial charge in [-0.05, 0) is 30.2 Å². The van der Waals surface area contributed by atoms with E-state index >= 15 is 0 Å². The highest BCUT2D eigenvalue weighted by Crippen LogP contribution is 2.18. The fraction of sp³-hybridized carbons (Fsp3) is 0.167. The molecule has 16 heavy (non-hydrogen) atoms. The Kier molecular flexibility index (Phi) is 2.72. The second-order valence-electron chi connectivity index (χ2n) is 3.67. The molecular weight excluding hydrogens is 204 g/mol. The number of aryl methyl sites for hydroxylation is 1. The maximum Gasteiger partial charge on any atom is 0.307 e. The standard InChI is InChI=1S/C12H12N2O2/c1-8-5-11-10(7-13-14-11)6-9(8)3-2-4-12(15)16/h2-3,5-7H,4H2,1H3,(H,13,14)(H,15,16). The van der Waals surface area contributed by atoms with Crippen molar-refractivity contribution < 1.29 is 9.90 Å². The Balaban J connectivity index is 2.32. The summed E-state index contributed by atoms with van der Waals surface area (Å²) in [6, 6.07) is 4.00. The first-order valence-electron chi connectivity index (χ1n) is 4.99. The number of carboxylic acid groups (broad SMARTS) is 1. The molecule has 1 aromatic carbocycles. The molecule has 1 aromatic heterocycles. The molecule has 0 unspecified atom stereocenters.